The number of aromatic nitrogens is 2. The van der Waals surface area contributed by atoms with Crippen molar-refractivity contribution in [2.45, 2.75) is 38.3 Å². The van der Waals surface area contributed by atoms with Gasteiger partial charge in [-0.05, 0) is 38.4 Å². The van der Waals surface area contributed by atoms with Crippen LogP contribution in [-0.2, 0) is 4.74 Å². The summed E-state index contributed by atoms with van der Waals surface area (Å²) in [4.78, 5) is 0. The molecule has 0 spiro atoms. The number of nitrogens with one attached hydrogen (secondary N) is 1. The average Bonchev–Trinajstić information content (AvgIpc) is 3.15. The molecule has 1 aliphatic rings. The summed E-state index contributed by atoms with van der Waals surface area (Å²) in [6, 6.07) is 10.4. The second kappa shape index (κ2) is 6.00. The number of nitrogens with zero attached hydrogens (tertiary/aromatic N) is 2. The second-order valence-electron chi connectivity index (χ2n) is 5.81. The molecule has 2 heterocycles. The quantitative estimate of drug-likeness (QED) is 0.917. The van der Waals surface area contributed by atoms with Gasteiger partial charge in [0.25, 0.3) is 0 Å². The Kier molecular flexibility index (Phi) is 4.08. The van der Waals surface area contributed by atoms with Gasteiger partial charge in [0.1, 0.15) is 0 Å². The molecule has 0 aliphatic carbocycles. The molecule has 21 heavy (non-hydrogen) atoms. The van der Waals surface area contributed by atoms with Crippen molar-refractivity contribution in [2.75, 3.05) is 13.2 Å². The number of rotatable bonds is 5. The third-order valence-electron chi connectivity index (χ3n) is 4.22. The Morgan fingerprint density at radius 3 is 2.86 bits per heavy atom. The fourth-order valence-corrected chi connectivity index (χ4v) is 3.13. The third kappa shape index (κ3) is 2.87. The highest BCUT2D eigenvalue weighted by Gasteiger charge is 2.39. The maximum absolute atomic E-state index is 6.02. The summed E-state index contributed by atoms with van der Waals surface area (Å²) >= 11 is 0. The number of para-hydroxylation sites is 1. The van der Waals surface area contributed by atoms with E-state index in [0.717, 1.165) is 31.7 Å². The van der Waals surface area contributed by atoms with Crippen LogP contribution in [-0.4, -0.2) is 28.5 Å². The maximum Gasteiger partial charge on any atom is 0.0850 e. The van der Waals surface area contributed by atoms with Crippen LogP contribution in [0, 0.1) is 0 Å². The topological polar surface area (TPSA) is 39.1 Å². The van der Waals surface area contributed by atoms with Crippen LogP contribution in [0.15, 0.2) is 42.7 Å². The van der Waals surface area contributed by atoms with Gasteiger partial charge in [0.05, 0.1) is 23.5 Å². The van der Waals surface area contributed by atoms with Gasteiger partial charge in [-0.25, -0.2) is 4.68 Å². The normalized spacial score (nSPS) is 23.3. The lowest BCUT2D eigenvalue weighted by molar-refractivity contribution is -0.0121. The van der Waals surface area contributed by atoms with Crippen molar-refractivity contribution in [1.82, 2.24) is 15.1 Å². The van der Waals surface area contributed by atoms with Gasteiger partial charge in [-0.2, -0.15) is 5.10 Å². The lowest BCUT2D eigenvalue weighted by atomic mass is 9.89. The van der Waals surface area contributed by atoms with E-state index in [1.807, 2.05) is 29.1 Å². The Bertz CT molecular complexity index is 573. The summed E-state index contributed by atoms with van der Waals surface area (Å²) in [6.45, 7) is 6.10. The molecule has 1 aliphatic heterocycles. The number of benzene rings is 1. The SMILES string of the molecule is CCNC(c1cnn(-c2ccccc2)c1)C1(C)CCCO1. The van der Waals surface area contributed by atoms with Crippen LogP contribution >= 0.6 is 0 Å². The fourth-order valence-electron chi connectivity index (χ4n) is 3.13. The Hall–Kier alpha value is -1.65. The molecule has 1 N–H and O–H groups in total. The molecule has 0 amide bonds. The molecule has 0 saturated carbocycles. The minimum atomic E-state index is -0.138. The first-order valence-electron chi connectivity index (χ1n) is 7.70. The molecule has 112 valence electrons. The maximum atomic E-state index is 6.02. The molecule has 1 saturated heterocycles. The molecular formula is C17H23N3O. The van der Waals surface area contributed by atoms with Crippen LogP contribution in [0.25, 0.3) is 5.69 Å². The minimum absolute atomic E-state index is 0.138. The van der Waals surface area contributed by atoms with E-state index in [1.54, 1.807) is 0 Å². The Morgan fingerprint density at radius 2 is 2.19 bits per heavy atom. The number of hydrogen-bond donors (Lipinski definition) is 1. The first-order chi connectivity index (χ1) is 10.2. The molecule has 4 heteroatoms. The molecule has 4 nitrogen and oxygen atoms in total. The standard InChI is InChI=1S/C17H23N3O/c1-3-18-16(17(2)10-7-11-21-17)14-12-19-20(13-14)15-8-5-4-6-9-15/h4-6,8-9,12-13,16,18H,3,7,10-11H2,1-2H3. The minimum Gasteiger partial charge on any atom is -0.373 e. The monoisotopic (exact) mass is 285 g/mol. The highest BCUT2D eigenvalue weighted by Crippen LogP contribution is 2.37. The van der Waals surface area contributed by atoms with Gasteiger partial charge >= 0.3 is 0 Å². The van der Waals surface area contributed by atoms with Crippen LogP contribution < -0.4 is 5.32 Å². The van der Waals surface area contributed by atoms with E-state index in [0.29, 0.717) is 0 Å². The molecule has 1 aromatic carbocycles. The zero-order valence-corrected chi connectivity index (χ0v) is 12.7. The number of hydrogen-bond acceptors (Lipinski definition) is 3. The molecule has 2 atom stereocenters. The van der Waals surface area contributed by atoms with Gasteiger partial charge < -0.3 is 10.1 Å². The van der Waals surface area contributed by atoms with Crippen molar-refractivity contribution in [3.05, 3.63) is 48.3 Å². The van der Waals surface area contributed by atoms with Gasteiger partial charge in [-0.15, -0.1) is 0 Å². The number of likely N-dealkylation sites (N-methyl/N-ethyl adjacent to an activating group) is 1. The zero-order chi connectivity index (χ0) is 14.7. The van der Waals surface area contributed by atoms with Crippen molar-refractivity contribution in [3.63, 3.8) is 0 Å². The summed E-state index contributed by atoms with van der Waals surface area (Å²) < 4.78 is 7.95. The molecule has 3 rings (SSSR count). The van der Waals surface area contributed by atoms with Crippen LogP contribution in [0.3, 0.4) is 0 Å². The van der Waals surface area contributed by atoms with Crippen molar-refractivity contribution in [3.8, 4) is 5.69 Å². The van der Waals surface area contributed by atoms with E-state index in [1.165, 1.54) is 5.56 Å². The van der Waals surface area contributed by atoms with E-state index in [4.69, 9.17) is 4.74 Å². The van der Waals surface area contributed by atoms with E-state index >= 15 is 0 Å². The molecule has 1 aromatic heterocycles. The predicted octanol–water partition coefficient (Wildman–Crippen LogP) is 3.09. The number of ether oxygens (including phenoxy) is 1. The van der Waals surface area contributed by atoms with Crippen LogP contribution in [0.2, 0.25) is 0 Å². The lowest BCUT2D eigenvalue weighted by Gasteiger charge is -2.33. The van der Waals surface area contributed by atoms with Crippen LogP contribution in [0.5, 0.6) is 0 Å². The Labute approximate surface area is 126 Å². The summed E-state index contributed by atoms with van der Waals surface area (Å²) in [5.41, 5.74) is 2.13. The molecule has 0 radical (unpaired) electrons. The molecule has 2 unspecified atom stereocenters. The Balaban J connectivity index is 1.89. The van der Waals surface area contributed by atoms with Crippen LogP contribution in [0.4, 0.5) is 0 Å². The first kappa shape index (κ1) is 14.3. The van der Waals surface area contributed by atoms with Gasteiger partial charge in [0, 0.05) is 18.4 Å². The Morgan fingerprint density at radius 1 is 1.38 bits per heavy atom. The zero-order valence-electron chi connectivity index (χ0n) is 12.7. The lowest BCUT2D eigenvalue weighted by Crippen LogP contribution is -2.41. The van der Waals surface area contributed by atoms with Gasteiger partial charge in [0.2, 0.25) is 0 Å². The predicted molar refractivity (Wildman–Crippen MR) is 83.6 cm³/mol. The first-order valence-corrected chi connectivity index (χ1v) is 7.70. The summed E-state index contributed by atoms with van der Waals surface area (Å²) in [7, 11) is 0. The molecular weight excluding hydrogens is 262 g/mol. The highest BCUT2D eigenvalue weighted by atomic mass is 16.5. The van der Waals surface area contributed by atoms with Gasteiger partial charge in [0.15, 0.2) is 0 Å². The van der Waals surface area contributed by atoms with Crippen molar-refractivity contribution < 1.29 is 4.74 Å². The average molecular weight is 285 g/mol. The summed E-state index contributed by atoms with van der Waals surface area (Å²) in [5, 5.41) is 8.08. The van der Waals surface area contributed by atoms with Gasteiger partial charge in [-0.3, -0.25) is 0 Å². The van der Waals surface area contributed by atoms with E-state index in [2.05, 4.69) is 42.6 Å². The van der Waals surface area contributed by atoms with Crippen LogP contribution in [0.1, 0.15) is 38.3 Å². The van der Waals surface area contributed by atoms with Crippen molar-refractivity contribution in [2.24, 2.45) is 0 Å². The molecule has 1 fully saturated rings. The third-order valence-corrected chi connectivity index (χ3v) is 4.22. The van der Waals surface area contributed by atoms with Crippen molar-refractivity contribution in [1.29, 1.82) is 0 Å². The van der Waals surface area contributed by atoms with E-state index in [9.17, 15) is 0 Å². The fraction of sp³-hybridized carbons (Fsp3) is 0.471. The largest absolute Gasteiger partial charge is 0.373 e. The molecule has 0 bridgehead atoms. The highest BCUT2D eigenvalue weighted by molar-refractivity contribution is 5.32. The van der Waals surface area contributed by atoms with Crippen molar-refractivity contribution >= 4 is 0 Å². The van der Waals surface area contributed by atoms with E-state index < -0.39 is 0 Å². The summed E-state index contributed by atoms with van der Waals surface area (Å²) in [5.74, 6) is 0. The molecule has 2 aromatic rings. The second-order valence-corrected chi connectivity index (χ2v) is 5.81. The summed E-state index contributed by atoms with van der Waals surface area (Å²) in [6.07, 6.45) is 6.27. The van der Waals surface area contributed by atoms with Gasteiger partial charge in [-0.1, -0.05) is 25.1 Å². The smallest absolute Gasteiger partial charge is 0.0850 e. The van der Waals surface area contributed by atoms with E-state index in [-0.39, 0.29) is 11.6 Å².